The monoisotopic (exact) mass is 352 g/mol. The Kier molecular flexibility index (Phi) is 7.16. The molecule has 1 aromatic rings. The standard InChI is InChI=1S/C16H24N4O5/c1-6-25-16(24)12-7-10(4)20(11(12)5)8-13(21)18-19-15(23)14(22)17-9(2)3/h7,9H,6,8H2,1-5H3,(H,17,22)(H,18,21)(H,19,23). The maximum atomic E-state index is 12.0. The Bertz CT molecular complexity index is 678. The molecular formula is C16H24N4O5. The summed E-state index contributed by atoms with van der Waals surface area (Å²) in [5.74, 6) is -2.80. The van der Waals surface area contributed by atoms with Crippen LogP contribution >= 0.6 is 0 Å². The Morgan fingerprint density at radius 2 is 1.76 bits per heavy atom. The molecule has 0 aliphatic carbocycles. The van der Waals surface area contributed by atoms with E-state index < -0.39 is 23.7 Å². The molecule has 0 radical (unpaired) electrons. The lowest BCUT2D eigenvalue weighted by atomic mass is 10.2. The first-order chi connectivity index (χ1) is 11.7. The topological polar surface area (TPSA) is 119 Å². The lowest BCUT2D eigenvalue weighted by Gasteiger charge is -2.12. The third-order valence-electron chi connectivity index (χ3n) is 3.31. The average Bonchev–Trinajstić information content (AvgIpc) is 2.80. The van der Waals surface area contributed by atoms with E-state index in [1.165, 1.54) is 0 Å². The maximum absolute atomic E-state index is 12.0. The second-order valence-electron chi connectivity index (χ2n) is 5.72. The molecule has 0 aromatic carbocycles. The lowest BCUT2D eigenvalue weighted by molar-refractivity contribution is -0.141. The number of aromatic nitrogens is 1. The molecule has 0 atom stereocenters. The number of ether oxygens (including phenoxy) is 1. The first-order valence-electron chi connectivity index (χ1n) is 7.90. The van der Waals surface area contributed by atoms with Crippen molar-refractivity contribution in [3.63, 3.8) is 0 Å². The van der Waals surface area contributed by atoms with Crippen molar-refractivity contribution in [2.75, 3.05) is 6.61 Å². The van der Waals surface area contributed by atoms with Crippen LogP contribution in [0.15, 0.2) is 6.07 Å². The van der Waals surface area contributed by atoms with Crippen molar-refractivity contribution in [3.8, 4) is 0 Å². The zero-order valence-corrected chi connectivity index (χ0v) is 15.1. The molecule has 0 saturated carbocycles. The fraction of sp³-hybridized carbons (Fsp3) is 0.500. The van der Waals surface area contributed by atoms with Crippen molar-refractivity contribution in [1.29, 1.82) is 0 Å². The number of rotatable bonds is 5. The molecule has 0 unspecified atom stereocenters. The average molecular weight is 352 g/mol. The third-order valence-corrected chi connectivity index (χ3v) is 3.31. The number of nitrogens with one attached hydrogen (secondary N) is 3. The van der Waals surface area contributed by atoms with E-state index in [1.807, 2.05) is 5.43 Å². The SMILES string of the molecule is CCOC(=O)c1cc(C)n(CC(=O)NNC(=O)C(=O)NC(C)C)c1C. The van der Waals surface area contributed by atoms with Gasteiger partial charge in [0.2, 0.25) is 0 Å². The molecule has 0 aliphatic rings. The predicted octanol–water partition coefficient (Wildman–Crippen LogP) is -0.0464. The van der Waals surface area contributed by atoms with Crippen LogP contribution in [0.5, 0.6) is 0 Å². The Labute approximate surface area is 146 Å². The fourth-order valence-electron chi connectivity index (χ4n) is 2.15. The highest BCUT2D eigenvalue weighted by Crippen LogP contribution is 2.16. The minimum absolute atomic E-state index is 0.122. The molecule has 0 fully saturated rings. The summed E-state index contributed by atoms with van der Waals surface area (Å²) in [6.45, 7) is 8.71. The molecular weight excluding hydrogens is 328 g/mol. The van der Waals surface area contributed by atoms with Crippen molar-refractivity contribution in [2.24, 2.45) is 0 Å². The normalized spacial score (nSPS) is 10.3. The van der Waals surface area contributed by atoms with E-state index in [1.54, 1.807) is 45.3 Å². The third kappa shape index (κ3) is 5.63. The molecule has 0 saturated heterocycles. The summed E-state index contributed by atoms with van der Waals surface area (Å²) >= 11 is 0. The molecule has 0 bridgehead atoms. The minimum atomic E-state index is -0.963. The molecule has 1 rings (SSSR count). The second kappa shape index (κ2) is 8.86. The minimum Gasteiger partial charge on any atom is -0.462 e. The summed E-state index contributed by atoms with van der Waals surface area (Å²) in [7, 11) is 0. The Morgan fingerprint density at radius 3 is 2.32 bits per heavy atom. The van der Waals surface area contributed by atoms with Crippen molar-refractivity contribution in [1.82, 2.24) is 20.7 Å². The van der Waals surface area contributed by atoms with Crippen LogP contribution in [-0.4, -0.2) is 40.9 Å². The molecule has 9 nitrogen and oxygen atoms in total. The zero-order valence-electron chi connectivity index (χ0n) is 15.1. The van der Waals surface area contributed by atoms with Crippen LogP contribution in [0, 0.1) is 13.8 Å². The van der Waals surface area contributed by atoms with Crippen LogP contribution in [0.25, 0.3) is 0 Å². The summed E-state index contributed by atoms with van der Waals surface area (Å²) in [5, 5.41) is 2.40. The number of amides is 3. The van der Waals surface area contributed by atoms with Crippen molar-refractivity contribution >= 4 is 23.7 Å². The van der Waals surface area contributed by atoms with Gasteiger partial charge in [-0.25, -0.2) is 4.79 Å². The number of carbonyl (C=O) groups is 4. The predicted molar refractivity (Wildman–Crippen MR) is 89.4 cm³/mol. The highest BCUT2D eigenvalue weighted by Gasteiger charge is 2.19. The van der Waals surface area contributed by atoms with Crippen LogP contribution in [0.2, 0.25) is 0 Å². The van der Waals surface area contributed by atoms with Crippen LogP contribution in [0.4, 0.5) is 0 Å². The van der Waals surface area contributed by atoms with Gasteiger partial charge < -0.3 is 14.6 Å². The van der Waals surface area contributed by atoms with Crippen LogP contribution < -0.4 is 16.2 Å². The summed E-state index contributed by atoms with van der Waals surface area (Å²) in [6, 6.07) is 1.44. The first-order valence-corrected chi connectivity index (χ1v) is 7.90. The van der Waals surface area contributed by atoms with E-state index in [0.29, 0.717) is 17.0 Å². The lowest BCUT2D eigenvalue weighted by Crippen LogP contribution is -2.50. The molecule has 3 amide bonds. The number of hydrazine groups is 1. The van der Waals surface area contributed by atoms with Gasteiger partial charge in [-0.1, -0.05) is 0 Å². The van der Waals surface area contributed by atoms with Gasteiger partial charge in [0.1, 0.15) is 6.54 Å². The van der Waals surface area contributed by atoms with E-state index in [4.69, 9.17) is 4.74 Å². The van der Waals surface area contributed by atoms with Crippen molar-refractivity contribution < 1.29 is 23.9 Å². The van der Waals surface area contributed by atoms with E-state index in [9.17, 15) is 19.2 Å². The molecule has 1 heterocycles. The molecule has 25 heavy (non-hydrogen) atoms. The molecule has 0 spiro atoms. The summed E-state index contributed by atoms with van der Waals surface area (Å²) in [5.41, 5.74) is 5.86. The Hall–Kier alpha value is -2.84. The van der Waals surface area contributed by atoms with Gasteiger partial charge in [0.25, 0.3) is 5.91 Å². The van der Waals surface area contributed by atoms with E-state index in [-0.39, 0.29) is 19.2 Å². The second-order valence-corrected chi connectivity index (χ2v) is 5.72. The maximum Gasteiger partial charge on any atom is 0.339 e. The molecule has 3 N–H and O–H groups in total. The summed E-state index contributed by atoms with van der Waals surface area (Å²) in [4.78, 5) is 46.8. The highest BCUT2D eigenvalue weighted by molar-refractivity contribution is 6.35. The van der Waals surface area contributed by atoms with Crippen LogP contribution in [0.3, 0.4) is 0 Å². The van der Waals surface area contributed by atoms with Gasteiger partial charge in [-0.15, -0.1) is 0 Å². The fourth-order valence-corrected chi connectivity index (χ4v) is 2.15. The van der Waals surface area contributed by atoms with Gasteiger partial charge in [-0.2, -0.15) is 0 Å². The van der Waals surface area contributed by atoms with Gasteiger partial charge in [0, 0.05) is 17.4 Å². The largest absolute Gasteiger partial charge is 0.462 e. The van der Waals surface area contributed by atoms with E-state index >= 15 is 0 Å². The van der Waals surface area contributed by atoms with Crippen molar-refractivity contribution in [3.05, 3.63) is 23.0 Å². The Balaban J connectivity index is 2.67. The smallest absolute Gasteiger partial charge is 0.339 e. The summed E-state index contributed by atoms with van der Waals surface area (Å²) < 4.78 is 6.58. The first kappa shape index (κ1) is 20.2. The summed E-state index contributed by atoms with van der Waals surface area (Å²) in [6.07, 6.45) is 0. The number of hydrogen-bond acceptors (Lipinski definition) is 5. The molecule has 0 aliphatic heterocycles. The van der Waals surface area contributed by atoms with Gasteiger partial charge in [-0.05, 0) is 40.7 Å². The molecule has 9 heteroatoms. The van der Waals surface area contributed by atoms with Crippen LogP contribution in [0.1, 0.15) is 42.5 Å². The van der Waals surface area contributed by atoms with E-state index in [2.05, 4.69) is 10.7 Å². The quantitative estimate of drug-likeness (QED) is 0.390. The van der Waals surface area contributed by atoms with Gasteiger partial charge in [-0.3, -0.25) is 25.2 Å². The number of esters is 1. The number of hydrogen-bond donors (Lipinski definition) is 3. The molecule has 138 valence electrons. The highest BCUT2D eigenvalue weighted by atomic mass is 16.5. The van der Waals surface area contributed by atoms with Crippen molar-refractivity contribution in [2.45, 2.75) is 47.2 Å². The molecule has 1 aromatic heterocycles. The van der Waals surface area contributed by atoms with Gasteiger partial charge in [0.05, 0.1) is 12.2 Å². The van der Waals surface area contributed by atoms with Gasteiger partial charge in [0.15, 0.2) is 0 Å². The number of carbonyl (C=O) groups excluding carboxylic acids is 4. The van der Waals surface area contributed by atoms with Crippen LogP contribution in [-0.2, 0) is 25.7 Å². The Morgan fingerprint density at radius 1 is 1.12 bits per heavy atom. The number of nitrogens with zero attached hydrogens (tertiary/aromatic N) is 1. The van der Waals surface area contributed by atoms with Gasteiger partial charge >= 0.3 is 17.8 Å². The zero-order chi connectivity index (χ0) is 19.1. The van der Waals surface area contributed by atoms with E-state index in [0.717, 1.165) is 0 Å². The number of aryl methyl sites for hydroxylation is 1.